The van der Waals surface area contributed by atoms with Crippen LogP contribution in [0.3, 0.4) is 0 Å². The van der Waals surface area contributed by atoms with Crippen LogP contribution in [0, 0.1) is 0 Å². The Bertz CT molecular complexity index is 430. The van der Waals surface area contributed by atoms with E-state index >= 15 is 0 Å². The van der Waals surface area contributed by atoms with Crippen molar-refractivity contribution < 1.29 is 0 Å². The van der Waals surface area contributed by atoms with Crippen molar-refractivity contribution in [2.75, 3.05) is 29.0 Å². The average molecular weight is 292 g/mol. The molecule has 2 heterocycles. The van der Waals surface area contributed by atoms with Gasteiger partial charge in [0.1, 0.15) is 0 Å². The van der Waals surface area contributed by atoms with Crippen LogP contribution < -0.4 is 16.0 Å². The quantitative estimate of drug-likeness (QED) is 0.767. The average Bonchev–Trinajstić information content (AvgIpc) is 2.98. The number of unbranched alkanes of at least 4 members (excludes halogenated alkanes) is 1. The van der Waals surface area contributed by atoms with Gasteiger partial charge in [0.2, 0.25) is 17.8 Å². The van der Waals surface area contributed by atoms with Gasteiger partial charge < -0.3 is 16.0 Å². The summed E-state index contributed by atoms with van der Waals surface area (Å²) in [7, 11) is 0. The molecule has 1 aliphatic heterocycles. The highest BCUT2D eigenvalue weighted by atomic mass is 15.3. The zero-order valence-corrected chi connectivity index (χ0v) is 13.3. The van der Waals surface area contributed by atoms with Crippen LogP contribution in [0.4, 0.5) is 17.8 Å². The molecule has 3 N–H and O–H groups in total. The first-order valence-corrected chi connectivity index (χ1v) is 8.26. The molecule has 0 amide bonds. The number of aromatic nitrogens is 3. The van der Waals surface area contributed by atoms with Crippen LogP contribution in [0.1, 0.15) is 58.8 Å². The summed E-state index contributed by atoms with van der Waals surface area (Å²) in [6.45, 7) is 6.45. The van der Waals surface area contributed by atoms with E-state index in [4.69, 9.17) is 5.73 Å². The van der Waals surface area contributed by atoms with Crippen molar-refractivity contribution in [1.82, 2.24) is 15.0 Å². The molecule has 0 bridgehead atoms. The minimum absolute atomic E-state index is 0.306. The maximum atomic E-state index is 5.85. The molecule has 118 valence electrons. The Morgan fingerprint density at radius 3 is 2.52 bits per heavy atom. The van der Waals surface area contributed by atoms with Crippen molar-refractivity contribution in [3.8, 4) is 0 Å². The molecule has 0 radical (unpaired) electrons. The van der Waals surface area contributed by atoms with E-state index in [0.717, 1.165) is 32.4 Å². The van der Waals surface area contributed by atoms with Gasteiger partial charge >= 0.3 is 0 Å². The highest BCUT2D eigenvalue weighted by Gasteiger charge is 2.17. The largest absolute Gasteiger partial charge is 0.368 e. The summed E-state index contributed by atoms with van der Waals surface area (Å²) in [5, 5.41) is 3.45. The lowest BCUT2D eigenvalue weighted by Gasteiger charge is -2.20. The first kappa shape index (κ1) is 15.8. The fourth-order valence-electron chi connectivity index (χ4n) is 2.77. The van der Waals surface area contributed by atoms with E-state index in [-0.39, 0.29) is 0 Å². The molecule has 1 aliphatic rings. The Hall–Kier alpha value is -1.59. The Kier molecular flexibility index (Phi) is 6.02. The first-order chi connectivity index (χ1) is 10.2. The van der Waals surface area contributed by atoms with Gasteiger partial charge in [0.15, 0.2) is 0 Å². The molecular weight excluding hydrogens is 264 g/mol. The van der Waals surface area contributed by atoms with Gasteiger partial charge in [0, 0.05) is 19.1 Å². The van der Waals surface area contributed by atoms with Gasteiger partial charge in [0.05, 0.1) is 0 Å². The topological polar surface area (TPSA) is 80.0 Å². The van der Waals surface area contributed by atoms with Crippen molar-refractivity contribution in [3.63, 3.8) is 0 Å². The van der Waals surface area contributed by atoms with Gasteiger partial charge in [-0.05, 0) is 25.7 Å². The molecule has 2 rings (SSSR count). The second-order valence-electron chi connectivity index (χ2n) is 5.78. The second-order valence-corrected chi connectivity index (χ2v) is 5.78. The summed E-state index contributed by atoms with van der Waals surface area (Å²) < 4.78 is 0. The van der Waals surface area contributed by atoms with Gasteiger partial charge in [-0.1, -0.05) is 33.1 Å². The number of nitrogens with one attached hydrogen (secondary N) is 1. The molecule has 1 atom stereocenters. The third kappa shape index (κ3) is 4.72. The van der Waals surface area contributed by atoms with E-state index in [0.29, 0.717) is 23.9 Å². The zero-order chi connectivity index (χ0) is 15.1. The number of nitrogen functional groups attached to an aromatic ring is 1. The summed E-state index contributed by atoms with van der Waals surface area (Å²) in [6, 6.07) is 0.420. The number of nitrogens with two attached hydrogens (primary N) is 1. The summed E-state index contributed by atoms with van der Waals surface area (Å²) >= 11 is 0. The lowest BCUT2D eigenvalue weighted by molar-refractivity contribution is 0.560. The molecule has 0 saturated carbocycles. The predicted octanol–water partition coefficient (Wildman–Crippen LogP) is 2.82. The molecule has 1 unspecified atom stereocenters. The second kappa shape index (κ2) is 8.00. The Labute approximate surface area is 127 Å². The van der Waals surface area contributed by atoms with Crippen LogP contribution >= 0.6 is 0 Å². The summed E-state index contributed by atoms with van der Waals surface area (Å²) in [5.74, 6) is 1.65. The fourth-order valence-corrected chi connectivity index (χ4v) is 2.77. The number of anilines is 3. The first-order valence-electron chi connectivity index (χ1n) is 8.26. The molecular formula is C15H28N6. The van der Waals surface area contributed by atoms with Crippen LogP contribution in [0.15, 0.2) is 0 Å². The van der Waals surface area contributed by atoms with Gasteiger partial charge in [-0.3, -0.25) is 0 Å². The number of nitrogens with zero attached hydrogens (tertiary/aromatic N) is 4. The Morgan fingerprint density at radius 1 is 1.10 bits per heavy atom. The molecule has 1 aromatic rings. The molecule has 6 nitrogen and oxygen atoms in total. The molecule has 0 spiro atoms. The highest BCUT2D eigenvalue weighted by molar-refractivity contribution is 5.42. The van der Waals surface area contributed by atoms with E-state index in [9.17, 15) is 0 Å². The van der Waals surface area contributed by atoms with Crippen molar-refractivity contribution in [2.24, 2.45) is 0 Å². The van der Waals surface area contributed by atoms with Crippen molar-refractivity contribution in [2.45, 2.75) is 64.8 Å². The van der Waals surface area contributed by atoms with Crippen LogP contribution in [0.5, 0.6) is 0 Å². The van der Waals surface area contributed by atoms with Gasteiger partial charge in [0.25, 0.3) is 0 Å². The van der Waals surface area contributed by atoms with Gasteiger partial charge in [-0.2, -0.15) is 15.0 Å². The minimum atomic E-state index is 0.306. The lowest BCUT2D eigenvalue weighted by atomic mass is 10.1. The van der Waals surface area contributed by atoms with E-state index in [1.54, 1.807) is 0 Å². The smallest absolute Gasteiger partial charge is 0.231 e. The monoisotopic (exact) mass is 292 g/mol. The van der Waals surface area contributed by atoms with Crippen LogP contribution in [-0.2, 0) is 0 Å². The van der Waals surface area contributed by atoms with Crippen molar-refractivity contribution in [3.05, 3.63) is 0 Å². The zero-order valence-electron chi connectivity index (χ0n) is 13.3. The maximum absolute atomic E-state index is 5.85. The molecule has 1 aromatic heterocycles. The normalized spacial score (nSPS) is 16.2. The van der Waals surface area contributed by atoms with E-state index in [2.05, 4.69) is 39.0 Å². The summed E-state index contributed by atoms with van der Waals surface area (Å²) in [4.78, 5) is 15.3. The van der Waals surface area contributed by atoms with Crippen molar-refractivity contribution >= 4 is 17.8 Å². The minimum Gasteiger partial charge on any atom is -0.368 e. The van der Waals surface area contributed by atoms with Gasteiger partial charge in [-0.15, -0.1) is 0 Å². The number of hydrogen-bond acceptors (Lipinski definition) is 6. The highest BCUT2D eigenvalue weighted by Crippen LogP contribution is 2.19. The maximum Gasteiger partial charge on any atom is 0.231 e. The predicted molar refractivity (Wildman–Crippen MR) is 87.5 cm³/mol. The molecule has 1 saturated heterocycles. The molecule has 1 fully saturated rings. The lowest BCUT2D eigenvalue weighted by Crippen LogP contribution is -2.25. The standard InChI is InChI=1S/C15H28N6/c1-3-5-9-12(8-4-2)17-14-18-13(16)19-15(20-14)21-10-6-7-11-21/h12H,3-11H2,1-2H3,(H3,16,17,18,19,20). The summed E-state index contributed by atoms with van der Waals surface area (Å²) in [6.07, 6.45) is 8.25. The van der Waals surface area contributed by atoms with E-state index in [1.165, 1.54) is 25.7 Å². The van der Waals surface area contributed by atoms with E-state index in [1.807, 2.05) is 0 Å². The van der Waals surface area contributed by atoms with E-state index < -0.39 is 0 Å². The Balaban J connectivity index is 2.06. The van der Waals surface area contributed by atoms with Crippen molar-refractivity contribution in [1.29, 1.82) is 0 Å². The SMILES string of the molecule is CCCCC(CCC)Nc1nc(N)nc(N2CCCC2)n1. The van der Waals surface area contributed by atoms with Crippen LogP contribution in [-0.4, -0.2) is 34.1 Å². The third-order valence-corrected chi connectivity index (χ3v) is 3.91. The fraction of sp³-hybridized carbons (Fsp3) is 0.800. The summed E-state index contributed by atoms with van der Waals surface area (Å²) in [5.41, 5.74) is 5.85. The third-order valence-electron chi connectivity index (χ3n) is 3.91. The molecule has 0 aliphatic carbocycles. The van der Waals surface area contributed by atoms with Gasteiger partial charge in [-0.25, -0.2) is 0 Å². The number of rotatable bonds is 8. The molecule has 21 heavy (non-hydrogen) atoms. The Morgan fingerprint density at radius 2 is 1.86 bits per heavy atom. The molecule has 6 heteroatoms. The number of hydrogen-bond donors (Lipinski definition) is 2. The van der Waals surface area contributed by atoms with Crippen LogP contribution in [0.25, 0.3) is 0 Å². The molecule has 0 aromatic carbocycles. The van der Waals surface area contributed by atoms with Crippen LogP contribution in [0.2, 0.25) is 0 Å².